The molecule has 1 aliphatic rings. The van der Waals surface area contributed by atoms with Gasteiger partial charge in [-0.2, -0.15) is 0 Å². The van der Waals surface area contributed by atoms with Crippen LogP contribution in [0.1, 0.15) is 34.1 Å². The molecule has 1 heterocycles. The van der Waals surface area contributed by atoms with E-state index < -0.39 is 0 Å². The summed E-state index contributed by atoms with van der Waals surface area (Å²) in [7, 11) is 1.89. The molecule has 0 bridgehead atoms. The fourth-order valence-corrected chi connectivity index (χ4v) is 2.05. The average molecular weight is 198 g/mol. The van der Waals surface area contributed by atoms with Crippen LogP contribution in [0.5, 0.6) is 0 Å². The summed E-state index contributed by atoms with van der Waals surface area (Å²) >= 11 is 0. The molecule has 0 aromatic rings. The zero-order chi connectivity index (χ0) is 10.9. The minimum atomic E-state index is 0.0346. The summed E-state index contributed by atoms with van der Waals surface area (Å²) in [6, 6.07) is 0.0346. The van der Waals surface area contributed by atoms with E-state index in [1.807, 2.05) is 11.9 Å². The van der Waals surface area contributed by atoms with Gasteiger partial charge in [-0.25, -0.2) is 0 Å². The first-order chi connectivity index (χ1) is 6.43. The Bertz CT molecular complexity index is 213. The van der Waals surface area contributed by atoms with Gasteiger partial charge in [-0.3, -0.25) is 10.1 Å². The molecule has 0 aromatic carbocycles. The highest BCUT2D eigenvalue weighted by atomic mass is 16.2. The molecule has 1 amide bonds. The smallest absolute Gasteiger partial charge is 0.240 e. The standard InChI is InChI=1S/C11H22N2O/c1-7(2)6-9-11(14)13(5)10(12-9)8(3)4/h7-10,12H,6H2,1-5H3. The van der Waals surface area contributed by atoms with Crippen molar-refractivity contribution in [2.24, 2.45) is 11.8 Å². The van der Waals surface area contributed by atoms with Crippen LogP contribution in [0, 0.1) is 11.8 Å². The molecule has 2 unspecified atom stereocenters. The highest BCUT2D eigenvalue weighted by Crippen LogP contribution is 2.19. The number of amides is 1. The Hall–Kier alpha value is -0.570. The number of hydrogen-bond acceptors (Lipinski definition) is 2. The van der Waals surface area contributed by atoms with Crippen molar-refractivity contribution in [1.29, 1.82) is 0 Å². The van der Waals surface area contributed by atoms with Crippen molar-refractivity contribution >= 4 is 5.91 Å². The molecule has 0 aromatic heterocycles. The van der Waals surface area contributed by atoms with Crippen LogP contribution in [-0.4, -0.2) is 30.1 Å². The van der Waals surface area contributed by atoms with Crippen molar-refractivity contribution in [3.63, 3.8) is 0 Å². The van der Waals surface area contributed by atoms with Crippen molar-refractivity contribution in [3.05, 3.63) is 0 Å². The number of hydrogen-bond donors (Lipinski definition) is 1. The predicted octanol–water partition coefficient (Wildman–Crippen LogP) is 1.44. The molecule has 1 aliphatic heterocycles. The van der Waals surface area contributed by atoms with Crippen LogP contribution in [0.25, 0.3) is 0 Å². The number of rotatable bonds is 3. The number of carbonyl (C=O) groups is 1. The highest BCUT2D eigenvalue weighted by molar-refractivity contribution is 5.84. The molecule has 3 nitrogen and oxygen atoms in total. The van der Waals surface area contributed by atoms with Gasteiger partial charge in [-0.15, -0.1) is 0 Å². The lowest BCUT2D eigenvalue weighted by Crippen LogP contribution is -2.39. The van der Waals surface area contributed by atoms with Crippen LogP contribution in [0.15, 0.2) is 0 Å². The molecule has 0 spiro atoms. The van der Waals surface area contributed by atoms with E-state index in [0.717, 1.165) is 6.42 Å². The van der Waals surface area contributed by atoms with Gasteiger partial charge >= 0.3 is 0 Å². The minimum Gasteiger partial charge on any atom is -0.329 e. The second kappa shape index (κ2) is 4.30. The molecule has 1 rings (SSSR count). The zero-order valence-electron chi connectivity index (χ0n) is 9.87. The maximum absolute atomic E-state index is 11.8. The van der Waals surface area contributed by atoms with Crippen LogP contribution in [-0.2, 0) is 4.79 Å². The molecule has 14 heavy (non-hydrogen) atoms. The molecule has 0 aliphatic carbocycles. The third kappa shape index (κ3) is 2.27. The second-order valence-electron chi connectivity index (χ2n) is 4.99. The summed E-state index contributed by atoms with van der Waals surface area (Å²) in [6.07, 6.45) is 1.15. The number of nitrogens with one attached hydrogen (secondary N) is 1. The lowest BCUT2D eigenvalue weighted by atomic mass is 10.0. The van der Waals surface area contributed by atoms with Crippen molar-refractivity contribution in [1.82, 2.24) is 10.2 Å². The van der Waals surface area contributed by atoms with E-state index in [2.05, 4.69) is 33.0 Å². The van der Waals surface area contributed by atoms with E-state index >= 15 is 0 Å². The van der Waals surface area contributed by atoms with Crippen LogP contribution in [0.4, 0.5) is 0 Å². The Morgan fingerprint density at radius 1 is 1.36 bits per heavy atom. The average Bonchev–Trinajstić information content (AvgIpc) is 2.32. The minimum absolute atomic E-state index is 0.0346. The van der Waals surface area contributed by atoms with E-state index in [0.29, 0.717) is 11.8 Å². The van der Waals surface area contributed by atoms with E-state index in [9.17, 15) is 4.79 Å². The molecule has 0 radical (unpaired) electrons. The maximum Gasteiger partial charge on any atom is 0.240 e. The lowest BCUT2D eigenvalue weighted by molar-refractivity contribution is -0.129. The van der Waals surface area contributed by atoms with Gasteiger partial charge in [0.2, 0.25) is 5.91 Å². The van der Waals surface area contributed by atoms with Gasteiger partial charge in [0.15, 0.2) is 0 Å². The molecule has 0 saturated carbocycles. The Morgan fingerprint density at radius 3 is 2.29 bits per heavy atom. The molecule has 1 N–H and O–H groups in total. The quantitative estimate of drug-likeness (QED) is 0.744. The molecule has 2 atom stereocenters. The monoisotopic (exact) mass is 198 g/mol. The van der Waals surface area contributed by atoms with E-state index in [1.54, 1.807) is 0 Å². The van der Waals surface area contributed by atoms with Gasteiger partial charge in [0.1, 0.15) is 0 Å². The summed E-state index contributed by atoms with van der Waals surface area (Å²) in [6.45, 7) is 8.58. The summed E-state index contributed by atoms with van der Waals surface area (Å²) in [5.41, 5.74) is 0. The first kappa shape index (κ1) is 11.5. The zero-order valence-corrected chi connectivity index (χ0v) is 9.87. The summed E-state index contributed by atoms with van der Waals surface area (Å²) in [4.78, 5) is 13.7. The first-order valence-corrected chi connectivity index (χ1v) is 5.46. The lowest BCUT2D eigenvalue weighted by Gasteiger charge is -2.22. The largest absolute Gasteiger partial charge is 0.329 e. The Labute approximate surface area is 86.9 Å². The van der Waals surface area contributed by atoms with Gasteiger partial charge in [-0.05, 0) is 18.3 Å². The van der Waals surface area contributed by atoms with Crippen LogP contribution in [0.3, 0.4) is 0 Å². The maximum atomic E-state index is 11.8. The third-order valence-electron chi connectivity index (χ3n) is 2.77. The number of nitrogens with zero attached hydrogens (tertiary/aromatic N) is 1. The van der Waals surface area contributed by atoms with Gasteiger partial charge in [-0.1, -0.05) is 27.7 Å². The summed E-state index contributed by atoms with van der Waals surface area (Å²) < 4.78 is 0. The van der Waals surface area contributed by atoms with Gasteiger partial charge in [0.05, 0.1) is 12.2 Å². The Morgan fingerprint density at radius 2 is 1.93 bits per heavy atom. The normalized spacial score (nSPS) is 28.2. The third-order valence-corrected chi connectivity index (χ3v) is 2.77. The summed E-state index contributed by atoms with van der Waals surface area (Å²) in [5.74, 6) is 1.29. The van der Waals surface area contributed by atoms with Crippen molar-refractivity contribution < 1.29 is 4.79 Å². The Balaban J connectivity index is 2.62. The Kier molecular flexibility index (Phi) is 3.53. The fourth-order valence-electron chi connectivity index (χ4n) is 2.05. The molecular weight excluding hydrogens is 176 g/mol. The molecule has 82 valence electrons. The molecular formula is C11H22N2O. The SMILES string of the molecule is CC(C)CC1NC(C(C)C)N(C)C1=O. The highest BCUT2D eigenvalue weighted by Gasteiger charge is 2.37. The van der Waals surface area contributed by atoms with Crippen molar-refractivity contribution in [2.45, 2.75) is 46.3 Å². The van der Waals surface area contributed by atoms with Gasteiger partial charge in [0.25, 0.3) is 0 Å². The predicted molar refractivity (Wildman–Crippen MR) is 57.8 cm³/mol. The van der Waals surface area contributed by atoms with Crippen LogP contribution >= 0.6 is 0 Å². The second-order valence-corrected chi connectivity index (χ2v) is 4.99. The first-order valence-electron chi connectivity index (χ1n) is 5.46. The van der Waals surface area contributed by atoms with Crippen LogP contribution < -0.4 is 5.32 Å². The van der Waals surface area contributed by atoms with Crippen LogP contribution in [0.2, 0.25) is 0 Å². The van der Waals surface area contributed by atoms with Gasteiger partial charge in [0, 0.05) is 7.05 Å². The van der Waals surface area contributed by atoms with Gasteiger partial charge < -0.3 is 4.90 Å². The molecule has 3 heteroatoms. The van der Waals surface area contributed by atoms with E-state index in [4.69, 9.17) is 0 Å². The molecule has 1 saturated heterocycles. The van der Waals surface area contributed by atoms with Crippen molar-refractivity contribution in [2.75, 3.05) is 7.05 Å². The fraction of sp³-hybridized carbons (Fsp3) is 0.909. The topological polar surface area (TPSA) is 32.3 Å². The van der Waals surface area contributed by atoms with Crippen molar-refractivity contribution in [3.8, 4) is 0 Å². The molecule has 1 fully saturated rings. The summed E-state index contributed by atoms with van der Waals surface area (Å²) in [5, 5.41) is 3.40. The van der Waals surface area contributed by atoms with E-state index in [-0.39, 0.29) is 18.1 Å². The number of likely N-dealkylation sites (N-methyl/N-ethyl adjacent to an activating group) is 1. The number of carbonyl (C=O) groups excluding carboxylic acids is 1. The van der Waals surface area contributed by atoms with E-state index in [1.165, 1.54) is 0 Å².